The van der Waals surface area contributed by atoms with Gasteiger partial charge >= 0.3 is 5.97 Å². The summed E-state index contributed by atoms with van der Waals surface area (Å²) >= 11 is 0. The summed E-state index contributed by atoms with van der Waals surface area (Å²) in [6, 6.07) is 3.52. The Morgan fingerprint density at radius 1 is 1.61 bits per heavy atom. The Kier molecular flexibility index (Phi) is 4.32. The molecule has 6 nitrogen and oxygen atoms in total. The van der Waals surface area contributed by atoms with E-state index in [9.17, 15) is 19.3 Å². The van der Waals surface area contributed by atoms with Crippen LogP contribution in [0.2, 0.25) is 0 Å². The number of benzene rings is 1. The van der Waals surface area contributed by atoms with Gasteiger partial charge in [-0.05, 0) is 13.0 Å². The van der Waals surface area contributed by atoms with Crippen LogP contribution in [-0.2, 0) is 16.0 Å². The Hall–Kier alpha value is -2.49. The fourth-order valence-electron chi connectivity index (χ4n) is 1.37. The molecule has 0 radical (unpaired) electrons. The van der Waals surface area contributed by atoms with Crippen molar-refractivity contribution in [1.82, 2.24) is 0 Å². The molecule has 0 spiro atoms. The smallest absolute Gasteiger partial charge is 0.310 e. The number of nitrogens with zero attached hydrogens (tertiary/aromatic N) is 2. The first-order chi connectivity index (χ1) is 8.51. The van der Waals surface area contributed by atoms with Gasteiger partial charge in [-0.3, -0.25) is 14.9 Å². The summed E-state index contributed by atoms with van der Waals surface area (Å²) in [5.74, 6) is -1.71. The summed E-state index contributed by atoms with van der Waals surface area (Å²) in [6.07, 6.45) is -0.369. The molecule has 0 saturated carbocycles. The molecule has 0 aliphatic rings. The zero-order chi connectivity index (χ0) is 13.7. The van der Waals surface area contributed by atoms with Crippen molar-refractivity contribution in [2.24, 2.45) is 0 Å². The third-order valence-electron chi connectivity index (χ3n) is 2.15. The molecule has 0 saturated heterocycles. The van der Waals surface area contributed by atoms with E-state index in [1.807, 2.05) is 0 Å². The van der Waals surface area contributed by atoms with Crippen LogP contribution in [0.5, 0.6) is 0 Å². The van der Waals surface area contributed by atoms with Crippen molar-refractivity contribution in [2.75, 3.05) is 6.61 Å². The first-order valence-electron chi connectivity index (χ1n) is 5.02. The first-order valence-corrected chi connectivity index (χ1v) is 5.02. The van der Waals surface area contributed by atoms with Crippen molar-refractivity contribution in [1.29, 1.82) is 5.26 Å². The molecule has 0 atom stereocenters. The second-order valence-corrected chi connectivity index (χ2v) is 3.28. The summed E-state index contributed by atoms with van der Waals surface area (Å²) in [4.78, 5) is 20.9. The zero-order valence-corrected chi connectivity index (χ0v) is 9.47. The van der Waals surface area contributed by atoms with Gasteiger partial charge in [0.05, 0.1) is 18.0 Å². The van der Waals surface area contributed by atoms with Crippen LogP contribution < -0.4 is 0 Å². The maximum absolute atomic E-state index is 13.8. The average Bonchev–Trinajstić information content (AvgIpc) is 2.31. The van der Waals surface area contributed by atoms with Crippen LogP contribution in [0.3, 0.4) is 0 Å². The predicted molar refractivity (Wildman–Crippen MR) is 58.1 cm³/mol. The molecule has 18 heavy (non-hydrogen) atoms. The molecule has 0 aromatic heterocycles. The number of nitro benzene ring substituents is 1. The van der Waals surface area contributed by atoms with Crippen molar-refractivity contribution < 1.29 is 18.8 Å². The Labute approximate surface area is 102 Å². The number of hydrogen-bond acceptors (Lipinski definition) is 5. The van der Waals surface area contributed by atoms with Crippen molar-refractivity contribution in [3.8, 4) is 6.07 Å². The van der Waals surface area contributed by atoms with E-state index in [2.05, 4.69) is 4.74 Å². The lowest BCUT2D eigenvalue weighted by molar-refractivity contribution is -0.385. The lowest BCUT2D eigenvalue weighted by atomic mass is 10.1. The molecule has 0 amide bonds. The Morgan fingerprint density at radius 3 is 2.78 bits per heavy atom. The molecule has 1 aromatic carbocycles. The predicted octanol–water partition coefficient (Wildman–Crippen LogP) is 1.71. The molecule has 0 aliphatic heterocycles. The average molecular weight is 252 g/mol. The number of nitriles is 1. The second kappa shape index (κ2) is 5.72. The van der Waals surface area contributed by atoms with E-state index in [4.69, 9.17) is 5.26 Å². The first kappa shape index (κ1) is 13.6. The van der Waals surface area contributed by atoms with Gasteiger partial charge in [0.2, 0.25) is 0 Å². The van der Waals surface area contributed by atoms with Crippen LogP contribution in [0.4, 0.5) is 10.1 Å². The van der Waals surface area contributed by atoms with Crippen LogP contribution in [0.15, 0.2) is 12.1 Å². The lowest BCUT2D eigenvalue weighted by Gasteiger charge is -2.04. The third-order valence-corrected chi connectivity index (χ3v) is 2.15. The number of esters is 1. The van der Waals surface area contributed by atoms with Crippen LogP contribution >= 0.6 is 0 Å². The van der Waals surface area contributed by atoms with Gasteiger partial charge in [-0.2, -0.15) is 5.26 Å². The Morgan fingerprint density at radius 2 is 2.28 bits per heavy atom. The van der Waals surface area contributed by atoms with Gasteiger partial charge in [0, 0.05) is 11.6 Å². The Bertz CT molecular complexity index is 537. The number of hydrogen-bond donors (Lipinski definition) is 0. The number of carbonyl (C=O) groups is 1. The Balaban J connectivity index is 3.15. The number of rotatable bonds is 4. The van der Waals surface area contributed by atoms with Crippen molar-refractivity contribution in [3.05, 3.63) is 39.2 Å². The minimum Gasteiger partial charge on any atom is -0.466 e. The van der Waals surface area contributed by atoms with Gasteiger partial charge in [0.15, 0.2) is 11.4 Å². The number of halogens is 1. The molecule has 0 unspecified atom stereocenters. The molecule has 94 valence electrons. The quantitative estimate of drug-likeness (QED) is 0.462. The molecular formula is C11H9FN2O4. The lowest BCUT2D eigenvalue weighted by Crippen LogP contribution is -2.10. The number of ether oxygens (including phenoxy) is 1. The summed E-state index contributed by atoms with van der Waals surface area (Å²) in [6.45, 7) is 1.75. The number of nitro groups is 1. The van der Waals surface area contributed by atoms with Gasteiger partial charge < -0.3 is 4.74 Å². The van der Waals surface area contributed by atoms with E-state index in [-0.39, 0.29) is 18.6 Å². The van der Waals surface area contributed by atoms with Crippen molar-refractivity contribution in [2.45, 2.75) is 13.3 Å². The van der Waals surface area contributed by atoms with Crippen molar-refractivity contribution in [3.63, 3.8) is 0 Å². The maximum atomic E-state index is 13.8. The van der Waals surface area contributed by atoms with Gasteiger partial charge in [-0.15, -0.1) is 0 Å². The molecule has 1 rings (SSSR count). The van der Waals surface area contributed by atoms with Crippen LogP contribution in [0, 0.1) is 27.3 Å². The monoisotopic (exact) mass is 252 g/mol. The van der Waals surface area contributed by atoms with E-state index >= 15 is 0 Å². The van der Waals surface area contributed by atoms with E-state index < -0.39 is 28.0 Å². The number of carbonyl (C=O) groups excluding carboxylic acids is 1. The fourth-order valence-corrected chi connectivity index (χ4v) is 1.37. The summed E-state index contributed by atoms with van der Waals surface area (Å²) in [5.41, 5.74) is -1.40. The molecule has 7 heteroatoms. The highest BCUT2D eigenvalue weighted by Crippen LogP contribution is 2.23. The van der Waals surface area contributed by atoms with E-state index in [0.29, 0.717) is 0 Å². The van der Waals surface area contributed by atoms with Gasteiger partial charge in [-0.1, -0.05) is 0 Å². The maximum Gasteiger partial charge on any atom is 0.310 e. The topological polar surface area (TPSA) is 93.2 Å². The van der Waals surface area contributed by atoms with Crippen LogP contribution in [0.25, 0.3) is 0 Å². The standard InChI is InChI=1S/C11H9FN2O4/c1-2-18-10(15)5-7-3-4-9(14(16)17)8(6-13)11(7)12/h3-4H,2,5H2,1H3. The molecular weight excluding hydrogens is 243 g/mol. The minimum atomic E-state index is -1.06. The molecule has 0 aliphatic carbocycles. The van der Waals surface area contributed by atoms with Crippen molar-refractivity contribution >= 4 is 11.7 Å². The molecule has 0 bridgehead atoms. The summed E-state index contributed by atoms with van der Waals surface area (Å²) in [7, 11) is 0. The SMILES string of the molecule is CCOC(=O)Cc1ccc([N+](=O)[O-])c(C#N)c1F. The second-order valence-electron chi connectivity index (χ2n) is 3.28. The summed E-state index contributed by atoms with van der Waals surface area (Å²) < 4.78 is 18.4. The largest absolute Gasteiger partial charge is 0.466 e. The molecule has 0 heterocycles. The fraction of sp³-hybridized carbons (Fsp3) is 0.273. The van der Waals surface area contributed by atoms with E-state index in [0.717, 1.165) is 12.1 Å². The van der Waals surface area contributed by atoms with Gasteiger partial charge in [0.25, 0.3) is 5.69 Å². The molecule has 1 aromatic rings. The van der Waals surface area contributed by atoms with Crippen LogP contribution in [0.1, 0.15) is 18.1 Å². The highest BCUT2D eigenvalue weighted by Gasteiger charge is 2.22. The molecule has 0 N–H and O–H groups in total. The zero-order valence-electron chi connectivity index (χ0n) is 9.47. The van der Waals surface area contributed by atoms with E-state index in [1.54, 1.807) is 6.92 Å². The normalized spacial score (nSPS) is 9.61. The third kappa shape index (κ3) is 2.79. The van der Waals surface area contributed by atoms with Gasteiger partial charge in [-0.25, -0.2) is 4.39 Å². The highest BCUT2D eigenvalue weighted by atomic mass is 19.1. The van der Waals surface area contributed by atoms with Crippen LogP contribution in [-0.4, -0.2) is 17.5 Å². The van der Waals surface area contributed by atoms with E-state index in [1.165, 1.54) is 6.07 Å². The summed E-state index contributed by atoms with van der Waals surface area (Å²) in [5, 5.41) is 19.3. The van der Waals surface area contributed by atoms with Gasteiger partial charge in [0.1, 0.15) is 6.07 Å². The minimum absolute atomic E-state index is 0.101. The molecule has 0 fully saturated rings. The highest BCUT2D eigenvalue weighted by molar-refractivity contribution is 5.73.